The molecule has 27 heavy (non-hydrogen) atoms. The lowest BCUT2D eigenvalue weighted by Gasteiger charge is -2.08. The van der Waals surface area contributed by atoms with E-state index in [1.165, 1.54) is 14.2 Å². The minimum Gasteiger partial charge on any atom is -0.467 e. The van der Waals surface area contributed by atoms with Crippen molar-refractivity contribution in [2.75, 3.05) is 14.2 Å². The maximum Gasteiger partial charge on any atom is 0.331 e. The van der Waals surface area contributed by atoms with Crippen LogP contribution >= 0.6 is 11.8 Å². The zero-order chi connectivity index (χ0) is 19.1. The molecule has 0 saturated carbocycles. The van der Waals surface area contributed by atoms with E-state index in [-0.39, 0.29) is 18.0 Å². The van der Waals surface area contributed by atoms with Gasteiger partial charge in [0.25, 0.3) is 0 Å². The van der Waals surface area contributed by atoms with Crippen molar-refractivity contribution in [1.82, 2.24) is 20.5 Å². The zero-order valence-electron chi connectivity index (χ0n) is 14.6. The zero-order valence-corrected chi connectivity index (χ0v) is 15.4. The fourth-order valence-electron chi connectivity index (χ4n) is 2.01. The van der Waals surface area contributed by atoms with Crippen LogP contribution in [-0.2, 0) is 0 Å². The van der Waals surface area contributed by atoms with E-state index >= 15 is 0 Å². The van der Waals surface area contributed by atoms with Crippen LogP contribution in [0, 0.1) is 0 Å². The molecule has 0 atom stereocenters. The maximum atomic E-state index is 5.64. The molecule has 10 heteroatoms. The van der Waals surface area contributed by atoms with Gasteiger partial charge >= 0.3 is 18.0 Å². The molecule has 0 unspecified atom stereocenters. The molecule has 3 N–H and O–H groups in total. The summed E-state index contributed by atoms with van der Waals surface area (Å²) in [6.45, 7) is 0. The van der Waals surface area contributed by atoms with Crippen molar-refractivity contribution in [2.24, 2.45) is 5.84 Å². The van der Waals surface area contributed by atoms with Crippen molar-refractivity contribution in [3.63, 3.8) is 0 Å². The summed E-state index contributed by atoms with van der Waals surface area (Å²) in [4.78, 5) is 19.1. The van der Waals surface area contributed by atoms with Crippen LogP contribution in [0.25, 0.3) is 0 Å². The Morgan fingerprint density at radius 3 is 1.70 bits per heavy atom. The summed E-state index contributed by atoms with van der Waals surface area (Å²) in [6.07, 6.45) is 0. The van der Waals surface area contributed by atoms with E-state index in [0.717, 1.165) is 9.79 Å². The molecule has 0 bridgehead atoms. The van der Waals surface area contributed by atoms with Crippen molar-refractivity contribution in [3.8, 4) is 29.5 Å². The number of nitrogens with one attached hydrogen (secondary N) is 1. The van der Waals surface area contributed by atoms with Gasteiger partial charge in [0.2, 0.25) is 0 Å². The number of aromatic nitrogens is 3. The Labute approximate surface area is 159 Å². The van der Waals surface area contributed by atoms with Crippen molar-refractivity contribution < 1.29 is 19.0 Å². The average molecular weight is 387 g/mol. The monoisotopic (exact) mass is 387 g/mol. The van der Waals surface area contributed by atoms with E-state index in [1.807, 2.05) is 48.5 Å². The minimum absolute atomic E-state index is 0.0863. The number of benzene rings is 2. The Kier molecular flexibility index (Phi) is 6.26. The molecule has 0 radical (unpaired) electrons. The third kappa shape index (κ3) is 5.20. The van der Waals surface area contributed by atoms with Crippen molar-refractivity contribution in [1.29, 1.82) is 0 Å². The van der Waals surface area contributed by atoms with Crippen LogP contribution in [0.4, 0.5) is 0 Å². The van der Waals surface area contributed by atoms with Crippen LogP contribution in [0.15, 0.2) is 58.3 Å². The van der Waals surface area contributed by atoms with Crippen LogP contribution in [0.1, 0.15) is 0 Å². The van der Waals surface area contributed by atoms with Gasteiger partial charge in [0.05, 0.1) is 14.2 Å². The molecule has 0 amide bonds. The first-order valence-corrected chi connectivity index (χ1v) is 8.54. The van der Waals surface area contributed by atoms with Crippen LogP contribution in [-0.4, -0.2) is 29.2 Å². The molecule has 0 saturated heterocycles. The number of nitrogens with two attached hydrogens (primary N) is 1. The molecule has 1 aromatic heterocycles. The van der Waals surface area contributed by atoms with E-state index in [4.69, 9.17) is 24.9 Å². The van der Waals surface area contributed by atoms with E-state index in [1.54, 1.807) is 11.8 Å². The van der Waals surface area contributed by atoms with Gasteiger partial charge < -0.3 is 19.0 Å². The SMILES string of the molecule is COc1nc(OC)nc(Oc2ccc(Sc3ccc(ONN)cc3)cc2)n1. The van der Waals surface area contributed by atoms with E-state index < -0.39 is 0 Å². The fourth-order valence-corrected chi connectivity index (χ4v) is 2.83. The van der Waals surface area contributed by atoms with Gasteiger partial charge in [-0.05, 0) is 48.5 Å². The molecule has 0 aliphatic heterocycles. The summed E-state index contributed by atoms with van der Waals surface area (Å²) in [7, 11) is 2.91. The normalized spacial score (nSPS) is 10.3. The van der Waals surface area contributed by atoms with Crippen molar-refractivity contribution in [2.45, 2.75) is 9.79 Å². The van der Waals surface area contributed by atoms with E-state index in [9.17, 15) is 0 Å². The molecule has 3 rings (SSSR count). The van der Waals surface area contributed by atoms with Gasteiger partial charge in [-0.3, -0.25) is 0 Å². The van der Waals surface area contributed by atoms with Gasteiger partial charge in [-0.1, -0.05) is 17.4 Å². The molecule has 0 aliphatic rings. The minimum atomic E-state index is 0.0863. The van der Waals surface area contributed by atoms with Crippen LogP contribution in [0.5, 0.6) is 29.5 Å². The second kappa shape index (κ2) is 9.03. The van der Waals surface area contributed by atoms with Crippen molar-refractivity contribution in [3.05, 3.63) is 48.5 Å². The second-order valence-electron chi connectivity index (χ2n) is 4.96. The third-order valence-electron chi connectivity index (χ3n) is 3.21. The molecular formula is C17H17N5O4S. The first kappa shape index (κ1) is 18.7. The van der Waals surface area contributed by atoms with Crippen LogP contribution in [0.3, 0.4) is 0 Å². The molecular weight excluding hydrogens is 370 g/mol. The fraction of sp³-hybridized carbons (Fsp3) is 0.118. The van der Waals surface area contributed by atoms with Gasteiger partial charge in [0.15, 0.2) is 0 Å². The quantitative estimate of drug-likeness (QED) is 0.441. The number of ether oxygens (including phenoxy) is 3. The maximum absolute atomic E-state index is 5.64. The van der Waals surface area contributed by atoms with Gasteiger partial charge in [0, 0.05) is 9.79 Å². The summed E-state index contributed by atoms with van der Waals surface area (Å²) >= 11 is 1.60. The molecule has 2 aromatic carbocycles. The lowest BCUT2D eigenvalue weighted by molar-refractivity contribution is 0.199. The van der Waals surface area contributed by atoms with Gasteiger partial charge in [-0.2, -0.15) is 0 Å². The lowest BCUT2D eigenvalue weighted by atomic mass is 10.3. The number of methoxy groups -OCH3 is 2. The lowest BCUT2D eigenvalue weighted by Crippen LogP contribution is -2.25. The number of hydrogen-bond donors (Lipinski definition) is 2. The summed E-state index contributed by atoms with van der Waals surface area (Å²) < 4.78 is 15.6. The topological polar surface area (TPSA) is 114 Å². The Morgan fingerprint density at radius 2 is 1.22 bits per heavy atom. The second-order valence-corrected chi connectivity index (χ2v) is 6.11. The number of rotatable bonds is 8. The van der Waals surface area contributed by atoms with Crippen LogP contribution in [0.2, 0.25) is 0 Å². The molecule has 3 aromatic rings. The largest absolute Gasteiger partial charge is 0.467 e. The highest BCUT2D eigenvalue weighted by Gasteiger charge is 2.09. The van der Waals surface area contributed by atoms with E-state index in [2.05, 4.69) is 20.5 Å². The Bertz CT molecular complexity index is 855. The number of hydrazine groups is 1. The summed E-state index contributed by atoms with van der Waals surface area (Å²) in [5.41, 5.74) is 2.14. The predicted octanol–water partition coefficient (Wildman–Crippen LogP) is 2.59. The highest BCUT2D eigenvalue weighted by molar-refractivity contribution is 7.99. The first-order chi connectivity index (χ1) is 13.2. The molecule has 140 valence electrons. The Balaban J connectivity index is 1.66. The Morgan fingerprint density at radius 1 is 0.741 bits per heavy atom. The van der Waals surface area contributed by atoms with Gasteiger partial charge in [-0.25, -0.2) is 5.84 Å². The van der Waals surface area contributed by atoms with E-state index in [0.29, 0.717) is 11.5 Å². The Hall–Kier alpha value is -3.08. The summed E-state index contributed by atoms with van der Waals surface area (Å²) in [5, 5.41) is 0. The summed E-state index contributed by atoms with van der Waals surface area (Å²) in [6, 6.07) is 15.3. The molecule has 1 heterocycles. The standard InChI is InChI=1S/C17H17N5O4S/c1-23-15-19-16(24-2)21-17(20-15)25-11-3-7-13(8-4-11)27-14-9-5-12(6-10-14)26-22-18/h3-10,22H,18H2,1-2H3. The van der Waals surface area contributed by atoms with Gasteiger partial charge in [-0.15, -0.1) is 15.0 Å². The molecule has 0 spiro atoms. The molecule has 9 nitrogen and oxygen atoms in total. The summed E-state index contributed by atoms with van der Waals surface area (Å²) in [5.74, 6) is 6.32. The van der Waals surface area contributed by atoms with Crippen LogP contribution < -0.4 is 30.5 Å². The first-order valence-electron chi connectivity index (χ1n) is 7.72. The highest BCUT2D eigenvalue weighted by atomic mass is 32.2. The third-order valence-corrected chi connectivity index (χ3v) is 4.22. The predicted molar refractivity (Wildman–Crippen MR) is 98.0 cm³/mol. The average Bonchev–Trinajstić information content (AvgIpc) is 2.71. The number of nitrogens with zero attached hydrogens (tertiary/aromatic N) is 3. The van der Waals surface area contributed by atoms with Gasteiger partial charge in [0.1, 0.15) is 11.5 Å². The number of hydrogen-bond acceptors (Lipinski definition) is 10. The van der Waals surface area contributed by atoms with Crippen molar-refractivity contribution >= 4 is 11.8 Å². The smallest absolute Gasteiger partial charge is 0.331 e. The molecule has 0 fully saturated rings. The highest BCUT2D eigenvalue weighted by Crippen LogP contribution is 2.31. The molecule has 0 aliphatic carbocycles.